The van der Waals surface area contributed by atoms with Gasteiger partial charge in [0.05, 0.1) is 6.10 Å². The van der Waals surface area contributed by atoms with Gasteiger partial charge < -0.3 is 20.2 Å². The van der Waals surface area contributed by atoms with E-state index in [1.54, 1.807) is 0 Å². The van der Waals surface area contributed by atoms with Crippen LogP contribution in [0.2, 0.25) is 0 Å². The molecule has 2 unspecified atom stereocenters. The third-order valence-corrected chi connectivity index (χ3v) is 7.82. The molecular formula is C32H41NO3. The number of likely N-dealkylation sites (tertiary alicyclic amines) is 1. The minimum absolute atomic E-state index is 0.163. The highest BCUT2D eigenvalue weighted by Crippen LogP contribution is 2.41. The van der Waals surface area contributed by atoms with Gasteiger partial charge in [0.2, 0.25) is 0 Å². The molecule has 3 aromatic rings. The van der Waals surface area contributed by atoms with Gasteiger partial charge in [-0.1, -0.05) is 91.9 Å². The van der Waals surface area contributed by atoms with Gasteiger partial charge in [0.25, 0.3) is 0 Å². The van der Waals surface area contributed by atoms with Crippen molar-refractivity contribution in [3.05, 3.63) is 107 Å². The van der Waals surface area contributed by atoms with E-state index in [1.807, 2.05) is 79.7 Å². The average molecular weight is 488 g/mol. The summed E-state index contributed by atoms with van der Waals surface area (Å²) in [5.74, 6) is 0.414. The first-order valence-electron chi connectivity index (χ1n) is 13.4. The third kappa shape index (κ3) is 6.43. The van der Waals surface area contributed by atoms with Crippen molar-refractivity contribution in [2.75, 3.05) is 26.2 Å². The Morgan fingerprint density at radius 3 is 1.94 bits per heavy atom. The quantitative estimate of drug-likeness (QED) is 0.343. The lowest BCUT2D eigenvalue weighted by Crippen LogP contribution is -2.44. The summed E-state index contributed by atoms with van der Waals surface area (Å²) < 4.78 is 0. The van der Waals surface area contributed by atoms with E-state index in [-0.39, 0.29) is 18.4 Å². The van der Waals surface area contributed by atoms with Crippen molar-refractivity contribution in [1.29, 1.82) is 0 Å². The molecule has 0 amide bonds. The second-order valence-electron chi connectivity index (χ2n) is 10.5. The first kappa shape index (κ1) is 26.6. The molecular weight excluding hydrogens is 446 g/mol. The van der Waals surface area contributed by atoms with Crippen molar-refractivity contribution in [2.24, 2.45) is 11.8 Å². The van der Waals surface area contributed by atoms with Gasteiger partial charge in [-0.3, -0.25) is 0 Å². The van der Waals surface area contributed by atoms with Crippen molar-refractivity contribution >= 4 is 0 Å². The summed E-state index contributed by atoms with van der Waals surface area (Å²) in [7, 11) is 0. The Balaban J connectivity index is 1.29. The molecule has 1 aliphatic rings. The largest absolute Gasteiger partial charge is 0.396 e. The zero-order valence-electron chi connectivity index (χ0n) is 21.5. The lowest BCUT2D eigenvalue weighted by atomic mass is 9.72. The predicted molar refractivity (Wildman–Crippen MR) is 146 cm³/mol. The predicted octanol–water partition coefficient (Wildman–Crippen LogP) is 5.32. The Bertz CT molecular complexity index is 991. The van der Waals surface area contributed by atoms with Crippen molar-refractivity contribution < 1.29 is 15.3 Å². The van der Waals surface area contributed by atoms with E-state index in [2.05, 4.69) is 17.0 Å². The third-order valence-electron chi connectivity index (χ3n) is 7.82. The maximum Gasteiger partial charge on any atom is 0.117 e. The molecule has 1 fully saturated rings. The van der Waals surface area contributed by atoms with Crippen molar-refractivity contribution in [3.63, 3.8) is 0 Å². The zero-order chi connectivity index (χ0) is 25.4. The van der Waals surface area contributed by atoms with Crippen LogP contribution in [0, 0.1) is 11.8 Å². The fourth-order valence-electron chi connectivity index (χ4n) is 5.61. The van der Waals surface area contributed by atoms with Crippen molar-refractivity contribution in [1.82, 2.24) is 4.90 Å². The summed E-state index contributed by atoms with van der Waals surface area (Å²) in [5.41, 5.74) is 3.11. The number of aliphatic hydroxyl groups is 3. The molecule has 0 aliphatic carbocycles. The van der Waals surface area contributed by atoms with Crippen LogP contribution in [-0.2, 0) is 12.0 Å². The van der Waals surface area contributed by atoms with E-state index in [4.69, 9.17) is 0 Å². The second-order valence-corrected chi connectivity index (χ2v) is 10.5. The standard InChI is InChI=1S/C32H41NO3/c1-25(24-34)23-26-14-16-27(17-15-26)31(35)13-8-20-33-21-18-30(19-22-33)32(36,28-9-4-2-5-10-28)29-11-6-3-7-12-29/h2-7,9-12,14-17,25,30-31,34-36H,8,13,18-24H2,1H3. The van der Waals surface area contributed by atoms with Crippen LogP contribution in [0.4, 0.5) is 0 Å². The molecule has 0 bridgehead atoms. The summed E-state index contributed by atoms with van der Waals surface area (Å²) in [5, 5.41) is 32.0. The highest BCUT2D eigenvalue weighted by molar-refractivity contribution is 5.37. The number of hydrogen-bond donors (Lipinski definition) is 3. The van der Waals surface area contributed by atoms with Gasteiger partial charge in [-0.05, 0) is 85.8 Å². The lowest BCUT2D eigenvalue weighted by molar-refractivity contribution is -0.0146. The maximum atomic E-state index is 12.1. The first-order valence-corrected chi connectivity index (χ1v) is 13.4. The monoisotopic (exact) mass is 487 g/mol. The van der Waals surface area contributed by atoms with Gasteiger partial charge in [0.1, 0.15) is 5.60 Å². The Morgan fingerprint density at radius 1 is 0.861 bits per heavy atom. The van der Waals surface area contributed by atoms with E-state index in [9.17, 15) is 15.3 Å². The van der Waals surface area contributed by atoms with Gasteiger partial charge in [-0.25, -0.2) is 0 Å². The fourth-order valence-corrected chi connectivity index (χ4v) is 5.61. The topological polar surface area (TPSA) is 63.9 Å². The second kappa shape index (κ2) is 12.6. The van der Waals surface area contributed by atoms with E-state index in [0.717, 1.165) is 68.4 Å². The molecule has 4 nitrogen and oxygen atoms in total. The molecule has 0 spiro atoms. The molecule has 4 rings (SSSR count). The molecule has 0 saturated carbocycles. The van der Waals surface area contributed by atoms with Crippen LogP contribution in [0.5, 0.6) is 0 Å². The molecule has 0 radical (unpaired) electrons. The van der Waals surface area contributed by atoms with E-state index in [0.29, 0.717) is 0 Å². The Morgan fingerprint density at radius 2 is 1.42 bits per heavy atom. The SMILES string of the molecule is CC(CO)Cc1ccc(C(O)CCCN2CCC(C(O)(c3ccccc3)c3ccccc3)CC2)cc1. The average Bonchev–Trinajstić information content (AvgIpc) is 2.94. The normalized spacial score (nSPS) is 17.1. The summed E-state index contributed by atoms with van der Waals surface area (Å²) >= 11 is 0. The number of aliphatic hydroxyl groups excluding tert-OH is 2. The minimum atomic E-state index is -0.980. The molecule has 1 heterocycles. The van der Waals surface area contributed by atoms with E-state index >= 15 is 0 Å². The van der Waals surface area contributed by atoms with Crippen LogP contribution in [0.1, 0.15) is 61.0 Å². The maximum absolute atomic E-state index is 12.1. The van der Waals surface area contributed by atoms with Gasteiger partial charge in [0, 0.05) is 6.61 Å². The highest BCUT2D eigenvalue weighted by Gasteiger charge is 2.41. The molecule has 36 heavy (non-hydrogen) atoms. The molecule has 4 heteroatoms. The van der Waals surface area contributed by atoms with Gasteiger partial charge in [-0.15, -0.1) is 0 Å². The van der Waals surface area contributed by atoms with Crippen LogP contribution >= 0.6 is 0 Å². The lowest BCUT2D eigenvalue weighted by Gasteiger charge is -2.42. The fraction of sp³-hybridized carbons (Fsp3) is 0.438. The van der Waals surface area contributed by atoms with Crippen LogP contribution in [0.25, 0.3) is 0 Å². The molecule has 3 N–H and O–H groups in total. The molecule has 0 aromatic heterocycles. The number of hydrogen-bond acceptors (Lipinski definition) is 4. The number of nitrogens with zero attached hydrogens (tertiary/aromatic N) is 1. The number of rotatable bonds is 11. The Kier molecular flexibility index (Phi) is 9.33. The number of piperidine rings is 1. The van der Waals surface area contributed by atoms with Crippen molar-refractivity contribution in [2.45, 2.75) is 50.7 Å². The first-order chi connectivity index (χ1) is 17.5. The summed E-state index contributed by atoms with van der Waals surface area (Å²) in [6, 6.07) is 28.4. The molecule has 2 atom stereocenters. The molecule has 1 aliphatic heterocycles. The van der Waals surface area contributed by atoms with Crippen LogP contribution in [0.15, 0.2) is 84.9 Å². The molecule has 192 valence electrons. The minimum Gasteiger partial charge on any atom is -0.396 e. The smallest absolute Gasteiger partial charge is 0.117 e. The summed E-state index contributed by atoms with van der Waals surface area (Å²) in [6.45, 7) is 5.11. The Hall–Kier alpha value is -2.50. The van der Waals surface area contributed by atoms with Crippen LogP contribution in [-0.4, -0.2) is 46.5 Å². The van der Waals surface area contributed by atoms with Gasteiger partial charge >= 0.3 is 0 Å². The molecule has 1 saturated heterocycles. The highest BCUT2D eigenvalue weighted by atomic mass is 16.3. The number of benzene rings is 3. The van der Waals surface area contributed by atoms with E-state index < -0.39 is 11.7 Å². The van der Waals surface area contributed by atoms with Gasteiger partial charge in [-0.2, -0.15) is 0 Å². The van der Waals surface area contributed by atoms with E-state index in [1.165, 1.54) is 5.56 Å². The zero-order valence-corrected chi connectivity index (χ0v) is 21.5. The Labute approximate surface area is 216 Å². The van der Waals surface area contributed by atoms with Crippen LogP contribution in [0.3, 0.4) is 0 Å². The summed E-state index contributed by atoms with van der Waals surface area (Å²) in [6.07, 6.45) is 3.97. The summed E-state index contributed by atoms with van der Waals surface area (Å²) in [4.78, 5) is 2.47. The van der Waals surface area contributed by atoms with Crippen molar-refractivity contribution in [3.8, 4) is 0 Å². The van der Waals surface area contributed by atoms with Gasteiger partial charge in [0.15, 0.2) is 0 Å². The van der Waals surface area contributed by atoms with Crippen LogP contribution < -0.4 is 0 Å². The molecule has 3 aromatic carbocycles.